The molecule has 0 amide bonds. The second-order valence-corrected chi connectivity index (χ2v) is 3.64. The van der Waals surface area contributed by atoms with Gasteiger partial charge in [-0.25, -0.2) is 13.8 Å². The van der Waals surface area contributed by atoms with Crippen LogP contribution < -0.4 is 5.73 Å². The normalized spacial score (nSPS) is 24.9. The molecule has 0 aromatic heterocycles. The van der Waals surface area contributed by atoms with Gasteiger partial charge in [-0.1, -0.05) is 0 Å². The first-order chi connectivity index (χ1) is 7.01. The maximum Gasteiger partial charge on any atom is 0.283 e. The molecule has 2 N–H and O–H groups in total. The Bertz CT molecular complexity index is 433. The molecule has 1 atom stereocenters. The summed E-state index contributed by atoms with van der Waals surface area (Å²) in [5.41, 5.74) is 4.57. The molecule has 1 heterocycles. The number of nitrogens with two attached hydrogens (primary N) is 1. The largest absolute Gasteiger partial charge is 0.462 e. The summed E-state index contributed by atoms with van der Waals surface area (Å²) >= 11 is 0. The Kier molecular flexibility index (Phi) is 2.10. The van der Waals surface area contributed by atoms with E-state index in [0.717, 1.165) is 18.2 Å². The van der Waals surface area contributed by atoms with E-state index in [9.17, 15) is 8.78 Å². The van der Waals surface area contributed by atoms with E-state index in [1.54, 1.807) is 6.92 Å². The van der Waals surface area contributed by atoms with Crippen molar-refractivity contribution in [2.75, 3.05) is 6.61 Å². The van der Waals surface area contributed by atoms with Gasteiger partial charge in [0.1, 0.15) is 23.8 Å². The molecule has 15 heavy (non-hydrogen) atoms. The average molecular weight is 212 g/mol. The van der Waals surface area contributed by atoms with E-state index in [1.165, 1.54) is 0 Å². The average Bonchev–Trinajstić information content (AvgIpc) is 2.52. The van der Waals surface area contributed by atoms with Crippen LogP contribution in [0.3, 0.4) is 0 Å². The second-order valence-electron chi connectivity index (χ2n) is 3.64. The highest BCUT2D eigenvalue weighted by atomic mass is 19.1. The maximum absolute atomic E-state index is 13.5. The summed E-state index contributed by atoms with van der Waals surface area (Å²) in [6.45, 7) is 1.77. The third-order valence-corrected chi connectivity index (χ3v) is 2.37. The van der Waals surface area contributed by atoms with Crippen LogP contribution in [0.4, 0.5) is 8.78 Å². The third-order valence-electron chi connectivity index (χ3n) is 2.37. The van der Waals surface area contributed by atoms with Gasteiger partial charge in [-0.3, -0.25) is 0 Å². The van der Waals surface area contributed by atoms with Gasteiger partial charge in [-0.2, -0.15) is 0 Å². The predicted molar refractivity (Wildman–Crippen MR) is 51.3 cm³/mol. The van der Waals surface area contributed by atoms with Crippen LogP contribution in [0.25, 0.3) is 0 Å². The number of amidine groups is 1. The molecule has 0 fully saturated rings. The number of benzene rings is 1. The van der Waals surface area contributed by atoms with Crippen molar-refractivity contribution >= 4 is 6.02 Å². The Labute approximate surface area is 85.6 Å². The van der Waals surface area contributed by atoms with E-state index in [-0.39, 0.29) is 18.2 Å². The Balaban J connectivity index is 2.49. The predicted octanol–water partition coefficient (Wildman–Crippen LogP) is 1.52. The van der Waals surface area contributed by atoms with Crippen LogP contribution in [0.5, 0.6) is 0 Å². The molecular weight excluding hydrogens is 202 g/mol. The molecule has 0 spiro atoms. The highest BCUT2D eigenvalue weighted by Gasteiger charge is 2.35. The minimum absolute atomic E-state index is 0.00108. The zero-order chi connectivity index (χ0) is 11.1. The fourth-order valence-electron chi connectivity index (χ4n) is 1.57. The third kappa shape index (κ3) is 1.65. The topological polar surface area (TPSA) is 47.6 Å². The Hall–Kier alpha value is -1.65. The van der Waals surface area contributed by atoms with Gasteiger partial charge in [-0.05, 0) is 25.1 Å². The summed E-state index contributed by atoms with van der Waals surface area (Å²) in [6.07, 6.45) is 0. The van der Waals surface area contributed by atoms with Gasteiger partial charge >= 0.3 is 0 Å². The molecule has 1 aromatic carbocycles. The Morgan fingerprint density at radius 1 is 1.47 bits per heavy atom. The molecule has 1 unspecified atom stereocenters. The van der Waals surface area contributed by atoms with E-state index in [0.29, 0.717) is 0 Å². The molecule has 1 aliphatic heterocycles. The lowest BCUT2D eigenvalue weighted by atomic mass is 9.93. The van der Waals surface area contributed by atoms with Gasteiger partial charge < -0.3 is 10.5 Å². The SMILES string of the molecule is CC1(c2cc(F)ccc2F)COC(N)=N1. The number of aliphatic imine (C=N–C) groups is 1. The van der Waals surface area contributed by atoms with E-state index in [4.69, 9.17) is 10.5 Å². The van der Waals surface area contributed by atoms with Gasteiger partial charge in [0.05, 0.1) is 0 Å². The first kappa shape index (κ1) is 9.89. The van der Waals surface area contributed by atoms with Crippen molar-refractivity contribution in [3.63, 3.8) is 0 Å². The summed E-state index contributed by atoms with van der Waals surface area (Å²) in [4.78, 5) is 3.96. The zero-order valence-electron chi connectivity index (χ0n) is 8.13. The highest BCUT2D eigenvalue weighted by molar-refractivity contribution is 5.74. The second kappa shape index (κ2) is 3.18. The van der Waals surface area contributed by atoms with E-state index >= 15 is 0 Å². The molecule has 3 nitrogen and oxygen atoms in total. The van der Waals surface area contributed by atoms with Gasteiger partial charge in [-0.15, -0.1) is 0 Å². The fourth-order valence-corrected chi connectivity index (χ4v) is 1.57. The lowest BCUT2D eigenvalue weighted by Gasteiger charge is -2.19. The van der Waals surface area contributed by atoms with Crippen LogP contribution in [0.2, 0.25) is 0 Å². The first-order valence-corrected chi connectivity index (χ1v) is 4.45. The van der Waals surface area contributed by atoms with Crippen molar-refractivity contribution in [1.29, 1.82) is 0 Å². The Morgan fingerprint density at radius 3 is 2.80 bits per heavy atom. The van der Waals surface area contributed by atoms with Crippen molar-refractivity contribution in [1.82, 2.24) is 0 Å². The van der Waals surface area contributed by atoms with Gasteiger partial charge in [0, 0.05) is 5.56 Å². The zero-order valence-corrected chi connectivity index (χ0v) is 8.13. The quantitative estimate of drug-likeness (QED) is 0.767. The van der Waals surface area contributed by atoms with Gasteiger partial charge in [0.15, 0.2) is 0 Å². The highest BCUT2D eigenvalue weighted by Crippen LogP contribution is 2.31. The van der Waals surface area contributed by atoms with E-state index < -0.39 is 17.2 Å². The number of ether oxygens (including phenoxy) is 1. The molecule has 80 valence electrons. The number of nitrogens with zero attached hydrogens (tertiary/aromatic N) is 1. The smallest absolute Gasteiger partial charge is 0.283 e. The summed E-state index contributed by atoms with van der Waals surface area (Å²) in [5.74, 6) is -1.02. The van der Waals surface area contributed by atoms with Crippen LogP contribution in [-0.4, -0.2) is 12.6 Å². The van der Waals surface area contributed by atoms with E-state index in [1.807, 2.05) is 0 Å². The monoisotopic (exact) mass is 212 g/mol. The van der Waals surface area contributed by atoms with Crippen molar-refractivity contribution < 1.29 is 13.5 Å². The Morgan fingerprint density at radius 2 is 2.20 bits per heavy atom. The van der Waals surface area contributed by atoms with Crippen molar-refractivity contribution in [3.05, 3.63) is 35.4 Å². The molecule has 0 saturated carbocycles. The van der Waals surface area contributed by atoms with Crippen molar-refractivity contribution in [2.24, 2.45) is 10.7 Å². The molecular formula is C10H10F2N2O. The minimum atomic E-state index is -0.934. The lowest BCUT2D eigenvalue weighted by Crippen LogP contribution is -2.22. The van der Waals surface area contributed by atoms with Crippen LogP contribution in [0.15, 0.2) is 23.2 Å². The van der Waals surface area contributed by atoms with Crippen LogP contribution >= 0.6 is 0 Å². The summed E-state index contributed by atoms with van der Waals surface area (Å²) in [5, 5.41) is 0. The molecule has 1 aromatic rings. The standard InChI is InChI=1S/C10H10F2N2O/c1-10(5-15-9(13)14-10)7-4-6(11)2-3-8(7)12/h2-4H,5H2,1H3,(H2,13,14). The first-order valence-electron chi connectivity index (χ1n) is 4.45. The molecule has 0 aliphatic carbocycles. The number of rotatable bonds is 1. The fraction of sp³-hybridized carbons (Fsp3) is 0.300. The lowest BCUT2D eigenvalue weighted by molar-refractivity contribution is 0.262. The number of hydrogen-bond donors (Lipinski definition) is 1. The van der Waals surface area contributed by atoms with Crippen molar-refractivity contribution in [3.8, 4) is 0 Å². The van der Waals surface area contributed by atoms with Crippen LogP contribution in [0.1, 0.15) is 12.5 Å². The molecule has 2 rings (SSSR count). The number of hydrogen-bond acceptors (Lipinski definition) is 3. The van der Waals surface area contributed by atoms with Crippen molar-refractivity contribution in [2.45, 2.75) is 12.5 Å². The summed E-state index contributed by atoms with van der Waals surface area (Å²) in [7, 11) is 0. The van der Waals surface area contributed by atoms with E-state index in [2.05, 4.69) is 4.99 Å². The molecule has 5 heteroatoms. The summed E-state index contributed by atoms with van der Waals surface area (Å²) < 4.78 is 31.4. The van der Waals surface area contributed by atoms with Gasteiger partial charge in [0.2, 0.25) is 0 Å². The molecule has 0 saturated heterocycles. The molecule has 0 radical (unpaired) electrons. The summed E-state index contributed by atoms with van der Waals surface area (Å²) in [6, 6.07) is 3.24. The minimum Gasteiger partial charge on any atom is -0.462 e. The van der Waals surface area contributed by atoms with Crippen LogP contribution in [0, 0.1) is 11.6 Å². The molecule has 0 bridgehead atoms. The maximum atomic E-state index is 13.5. The molecule has 1 aliphatic rings. The number of halogens is 2. The van der Waals surface area contributed by atoms with Gasteiger partial charge in [0.25, 0.3) is 6.02 Å². The van der Waals surface area contributed by atoms with Crippen LogP contribution in [-0.2, 0) is 10.3 Å².